The van der Waals surface area contributed by atoms with E-state index in [1.807, 2.05) is 6.92 Å². The van der Waals surface area contributed by atoms with Crippen LogP contribution in [-0.4, -0.2) is 39.9 Å². The number of rotatable bonds is 6. The average Bonchev–Trinajstić information content (AvgIpc) is 2.19. The number of hydrogen-bond donors (Lipinski definition) is 4. The van der Waals surface area contributed by atoms with Crippen LogP contribution >= 0.6 is 0 Å². The molecule has 6 nitrogen and oxygen atoms in total. The van der Waals surface area contributed by atoms with Crippen LogP contribution < -0.4 is 10.6 Å². The Morgan fingerprint density at radius 2 is 2.00 bits per heavy atom. The predicted octanol–water partition coefficient (Wildman–Crippen LogP) is 0.844. The molecule has 1 atom stereocenters. The molecule has 1 saturated carbocycles. The molecule has 0 heterocycles. The van der Waals surface area contributed by atoms with Gasteiger partial charge in [0, 0.05) is 12.1 Å². The summed E-state index contributed by atoms with van der Waals surface area (Å²) >= 11 is 0. The van der Waals surface area contributed by atoms with Gasteiger partial charge in [-0.25, -0.2) is 4.79 Å². The van der Waals surface area contributed by atoms with E-state index in [9.17, 15) is 14.7 Å². The van der Waals surface area contributed by atoms with E-state index in [0.29, 0.717) is 0 Å². The minimum absolute atomic E-state index is 0.0784. The van der Waals surface area contributed by atoms with Gasteiger partial charge in [0.05, 0.1) is 12.0 Å². The highest BCUT2D eigenvalue weighted by Crippen LogP contribution is 2.34. The molecule has 18 heavy (non-hydrogen) atoms. The molecule has 1 unspecified atom stereocenters. The van der Waals surface area contributed by atoms with E-state index in [2.05, 4.69) is 10.6 Å². The number of carboxylic acids is 1. The lowest BCUT2D eigenvalue weighted by Gasteiger charge is -2.42. The highest BCUT2D eigenvalue weighted by Gasteiger charge is 2.36. The Labute approximate surface area is 107 Å². The lowest BCUT2D eigenvalue weighted by Crippen LogP contribution is -2.57. The average molecular weight is 258 g/mol. The minimum Gasteiger partial charge on any atom is -0.481 e. The number of urea groups is 1. The fourth-order valence-electron chi connectivity index (χ4n) is 2.11. The van der Waals surface area contributed by atoms with Crippen LogP contribution in [0.3, 0.4) is 0 Å². The van der Waals surface area contributed by atoms with Crippen molar-refractivity contribution < 1.29 is 19.8 Å². The highest BCUT2D eigenvalue weighted by molar-refractivity contribution is 5.75. The van der Waals surface area contributed by atoms with Gasteiger partial charge in [0.2, 0.25) is 0 Å². The summed E-state index contributed by atoms with van der Waals surface area (Å²) in [5, 5.41) is 23.8. The fourth-order valence-corrected chi connectivity index (χ4v) is 2.11. The van der Waals surface area contributed by atoms with Crippen molar-refractivity contribution in [2.24, 2.45) is 0 Å². The Morgan fingerprint density at radius 3 is 2.39 bits per heavy atom. The first-order chi connectivity index (χ1) is 8.29. The second kappa shape index (κ2) is 5.56. The Bertz CT molecular complexity index is 319. The van der Waals surface area contributed by atoms with Crippen molar-refractivity contribution in [1.82, 2.24) is 10.6 Å². The second-order valence-electron chi connectivity index (χ2n) is 5.36. The summed E-state index contributed by atoms with van der Waals surface area (Å²) < 4.78 is 0. The summed E-state index contributed by atoms with van der Waals surface area (Å²) in [4.78, 5) is 22.2. The third kappa shape index (κ3) is 4.18. The molecule has 6 heteroatoms. The van der Waals surface area contributed by atoms with Crippen molar-refractivity contribution in [3.05, 3.63) is 0 Å². The van der Waals surface area contributed by atoms with Gasteiger partial charge in [-0.05, 0) is 32.6 Å². The third-order valence-electron chi connectivity index (χ3n) is 3.53. The van der Waals surface area contributed by atoms with Crippen LogP contribution in [0.25, 0.3) is 0 Å². The van der Waals surface area contributed by atoms with E-state index < -0.39 is 18.0 Å². The zero-order valence-corrected chi connectivity index (χ0v) is 11.0. The first-order valence-corrected chi connectivity index (χ1v) is 6.29. The molecule has 1 rings (SSSR count). The number of hydrogen-bond acceptors (Lipinski definition) is 3. The maximum absolute atomic E-state index is 11.7. The fraction of sp³-hybridized carbons (Fsp3) is 0.833. The molecule has 1 aliphatic carbocycles. The molecule has 0 aromatic carbocycles. The van der Waals surface area contributed by atoms with Crippen LogP contribution in [-0.2, 0) is 4.79 Å². The maximum Gasteiger partial charge on any atom is 0.315 e. The van der Waals surface area contributed by atoms with E-state index in [0.717, 1.165) is 25.7 Å². The number of carboxylic acid groups (broad SMARTS) is 1. The molecule has 104 valence electrons. The van der Waals surface area contributed by atoms with Crippen molar-refractivity contribution in [1.29, 1.82) is 0 Å². The molecule has 0 bridgehead atoms. The van der Waals surface area contributed by atoms with Crippen molar-refractivity contribution in [2.75, 3.05) is 6.54 Å². The van der Waals surface area contributed by atoms with E-state index in [4.69, 9.17) is 5.11 Å². The van der Waals surface area contributed by atoms with Crippen LogP contribution in [0.5, 0.6) is 0 Å². The van der Waals surface area contributed by atoms with Crippen LogP contribution in [0.1, 0.15) is 46.0 Å². The predicted molar refractivity (Wildman–Crippen MR) is 66.3 cm³/mol. The number of carbonyl (C=O) groups excluding carboxylic acids is 1. The topological polar surface area (TPSA) is 98.7 Å². The SMILES string of the molecule is CCC1(NC(=O)NCC(C)(O)CC(=O)O)CCC1. The van der Waals surface area contributed by atoms with Crippen molar-refractivity contribution >= 4 is 12.0 Å². The molecule has 2 amide bonds. The van der Waals surface area contributed by atoms with Crippen LogP contribution in [0.2, 0.25) is 0 Å². The standard InChI is InChI=1S/C12H22N2O4/c1-3-12(5-4-6-12)14-10(17)13-8-11(2,18)7-9(15)16/h18H,3-8H2,1-2H3,(H,15,16)(H2,13,14,17). The van der Waals surface area contributed by atoms with Crippen molar-refractivity contribution in [2.45, 2.75) is 57.1 Å². The van der Waals surface area contributed by atoms with Gasteiger partial charge in [-0.1, -0.05) is 6.92 Å². The van der Waals surface area contributed by atoms with Gasteiger partial charge in [-0.15, -0.1) is 0 Å². The summed E-state index contributed by atoms with van der Waals surface area (Å²) in [5.41, 5.74) is -1.54. The maximum atomic E-state index is 11.7. The van der Waals surface area contributed by atoms with Crippen molar-refractivity contribution in [3.63, 3.8) is 0 Å². The lowest BCUT2D eigenvalue weighted by atomic mass is 9.75. The quantitative estimate of drug-likeness (QED) is 0.567. The van der Waals surface area contributed by atoms with Gasteiger partial charge in [0.15, 0.2) is 0 Å². The first kappa shape index (κ1) is 14.8. The Kier molecular flexibility index (Phi) is 4.56. The monoisotopic (exact) mass is 258 g/mol. The second-order valence-corrected chi connectivity index (χ2v) is 5.36. The van der Waals surface area contributed by atoms with E-state index in [1.165, 1.54) is 6.92 Å². The van der Waals surface area contributed by atoms with Gasteiger partial charge in [-0.3, -0.25) is 4.79 Å². The van der Waals surface area contributed by atoms with Gasteiger partial charge in [0.25, 0.3) is 0 Å². The number of nitrogens with one attached hydrogen (secondary N) is 2. The van der Waals surface area contributed by atoms with Gasteiger partial charge >= 0.3 is 12.0 Å². The van der Waals surface area contributed by atoms with Gasteiger partial charge in [0.1, 0.15) is 0 Å². The Hall–Kier alpha value is -1.30. The number of aliphatic hydroxyl groups is 1. The molecule has 1 fully saturated rings. The smallest absolute Gasteiger partial charge is 0.315 e. The molecule has 0 saturated heterocycles. The van der Waals surface area contributed by atoms with E-state index >= 15 is 0 Å². The number of aliphatic carboxylic acids is 1. The van der Waals surface area contributed by atoms with Gasteiger partial charge < -0.3 is 20.8 Å². The summed E-state index contributed by atoms with van der Waals surface area (Å²) in [5.74, 6) is -1.09. The zero-order chi connectivity index (χ0) is 13.8. The molecular formula is C12H22N2O4. The normalized spacial score (nSPS) is 20.4. The molecule has 0 radical (unpaired) electrons. The molecular weight excluding hydrogens is 236 g/mol. The molecule has 0 spiro atoms. The van der Waals surface area contributed by atoms with Crippen LogP contribution in [0.4, 0.5) is 4.79 Å². The molecule has 0 aliphatic heterocycles. The summed E-state index contributed by atoms with van der Waals surface area (Å²) in [6.45, 7) is 3.34. The lowest BCUT2D eigenvalue weighted by molar-refractivity contribution is -0.141. The Balaban J connectivity index is 2.34. The Morgan fingerprint density at radius 1 is 1.39 bits per heavy atom. The van der Waals surface area contributed by atoms with E-state index in [-0.39, 0.29) is 18.1 Å². The van der Waals surface area contributed by atoms with E-state index in [1.54, 1.807) is 0 Å². The largest absolute Gasteiger partial charge is 0.481 e. The summed E-state index contributed by atoms with van der Waals surface area (Å²) in [7, 11) is 0. The van der Waals surface area contributed by atoms with Gasteiger partial charge in [-0.2, -0.15) is 0 Å². The molecule has 0 aromatic rings. The van der Waals surface area contributed by atoms with Crippen LogP contribution in [0, 0.1) is 0 Å². The third-order valence-corrected chi connectivity index (χ3v) is 3.53. The summed E-state index contributed by atoms with van der Waals surface area (Å²) in [6.07, 6.45) is 3.55. The highest BCUT2D eigenvalue weighted by atomic mass is 16.4. The summed E-state index contributed by atoms with van der Waals surface area (Å²) in [6, 6.07) is -0.345. The minimum atomic E-state index is -1.43. The van der Waals surface area contributed by atoms with Crippen molar-refractivity contribution in [3.8, 4) is 0 Å². The number of carbonyl (C=O) groups is 2. The van der Waals surface area contributed by atoms with Crippen LogP contribution in [0.15, 0.2) is 0 Å². The molecule has 4 N–H and O–H groups in total. The number of amides is 2. The molecule has 0 aromatic heterocycles. The zero-order valence-electron chi connectivity index (χ0n) is 11.0. The first-order valence-electron chi connectivity index (χ1n) is 6.29. The molecule has 1 aliphatic rings.